The van der Waals surface area contributed by atoms with Gasteiger partial charge in [-0.25, -0.2) is 0 Å². The quantitative estimate of drug-likeness (QED) is 0.797. The van der Waals surface area contributed by atoms with Gasteiger partial charge in [-0.2, -0.15) is 0 Å². The summed E-state index contributed by atoms with van der Waals surface area (Å²) >= 11 is 0. The van der Waals surface area contributed by atoms with Crippen molar-refractivity contribution < 1.29 is 4.84 Å². The molecule has 2 rings (SSSR count). The van der Waals surface area contributed by atoms with E-state index in [9.17, 15) is 0 Å². The summed E-state index contributed by atoms with van der Waals surface area (Å²) in [4.78, 5) is 5.23. The second kappa shape index (κ2) is 4.03. The molecule has 80 valence electrons. The lowest BCUT2D eigenvalue weighted by Gasteiger charge is -2.07. The Kier molecular flexibility index (Phi) is 2.73. The molecule has 0 aliphatic carbocycles. The molecular weight excluding hydrogens is 188 g/mol. The molecule has 0 bridgehead atoms. The van der Waals surface area contributed by atoms with E-state index in [4.69, 9.17) is 10.6 Å². The topological polar surface area (TPSA) is 47.6 Å². The largest absolute Gasteiger partial charge is 0.390 e. The maximum atomic E-state index is 5.54. The van der Waals surface area contributed by atoms with Crippen LogP contribution in [0.1, 0.15) is 23.1 Å². The minimum Gasteiger partial charge on any atom is -0.390 e. The summed E-state index contributed by atoms with van der Waals surface area (Å²) in [6.07, 6.45) is 0.876. The van der Waals surface area contributed by atoms with Gasteiger partial charge in [0, 0.05) is 18.5 Å². The van der Waals surface area contributed by atoms with Crippen molar-refractivity contribution in [1.29, 1.82) is 0 Å². The van der Waals surface area contributed by atoms with Crippen molar-refractivity contribution >= 4 is 5.71 Å². The Bertz CT molecular complexity index is 399. The third-order valence-corrected chi connectivity index (χ3v) is 2.91. The minimum absolute atomic E-state index is 0.0555. The zero-order valence-corrected chi connectivity index (χ0v) is 9.16. The lowest BCUT2D eigenvalue weighted by molar-refractivity contribution is 0.0918. The van der Waals surface area contributed by atoms with E-state index in [0.717, 1.165) is 12.1 Å². The lowest BCUT2D eigenvalue weighted by Crippen LogP contribution is -2.20. The van der Waals surface area contributed by atoms with Crippen LogP contribution < -0.4 is 5.73 Å². The first-order valence-electron chi connectivity index (χ1n) is 5.21. The van der Waals surface area contributed by atoms with Gasteiger partial charge < -0.3 is 10.6 Å². The molecule has 1 heterocycles. The van der Waals surface area contributed by atoms with Crippen molar-refractivity contribution in [3.8, 4) is 0 Å². The molecule has 1 aliphatic rings. The summed E-state index contributed by atoms with van der Waals surface area (Å²) in [5.74, 6) is 0. The van der Waals surface area contributed by atoms with Crippen LogP contribution in [0.5, 0.6) is 0 Å². The number of rotatable bonds is 2. The van der Waals surface area contributed by atoms with E-state index in [-0.39, 0.29) is 6.10 Å². The van der Waals surface area contributed by atoms with Gasteiger partial charge in [-0.15, -0.1) is 0 Å². The van der Waals surface area contributed by atoms with Crippen molar-refractivity contribution in [3.63, 3.8) is 0 Å². The molecule has 0 aromatic heterocycles. The summed E-state index contributed by atoms with van der Waals surface area (Å²) in [7, 11) is 0. The lowest BCUT2D eigenvalue weighted by atomic mass is 9.97. The predicted molar refractivity (Wildman–Crippen MR) is 61.0 cm³/mol. The molecule has 15 heavy (non-hydrogen) atoms. The van der Waals surface area contributed by atoms with Gasteiger partial charge in [0.05, 0.1) is 5.71 Å². The van der Waals surface area contributed by atoms with Crippen LogP contribution in [-0.4, -0.2) is 18.4 Å². The van der Waals surface area contributed by atoms with Crippen LogP contribution in [-0.2, 0) is 4.84 Å². The molecular formula is C12H16N2O. The molecule has 0 amide bonds. The average molecular weight is 204 g/mol. The number of hydrogen-bond acceptors (Lipinski definition) is 3. The first kappa shape index (κ1) is 10.2. The van der Waals surface area contributed by atoms with Gasteiger partial charge in [-0.05, 0) is 25.0 Å². The van der Waals surface area contributed by atoms with Crippen molar-refractivity contribution in [1.82, 2.24) is 0 Å². The third-order valence-electron chi connectivity index (χ3n) is 2.91. The molecule has 1 atom stereocenters. The summed E-state index contributed by atoms with van der Waals surface area (Å²) in [5.41, 5.74) is 10.3. The minimum atomic E-state index is 0.0555. The maximum Gasteiger partial charge on any atom is 0.145 e. The molecule has 3 nitrogen and oxygen atoms in total. The first-order chi connectivity index (χ1) is 7.22. The molecule has 1 aromatic carbocycles. The smallest absolute Gasteiger partial charge is 0.145 e. The van der Waals surface area contributed by atoms with Crippen molar-refractivity contribution in [2.45, 2.75) is 26.4 Å². The number of oxime groups is 1. The van der Waals surface area contributed by atoms with E-state index in [1.807, 2.05) is 0 Å². The number of nitrogens with zero attached hydrogens (tertiary/aromatic N) is 1. The fourth-order valence-corrected chi connectivity index (χ4v) is 1.78. The molecule has 0 fully saturated rings. The highest BCUT2D eigenvalue weighted by atomic mass is 16.6. The molecule has 0 radical (unpaired) electrons. The zero-order chi connectivity index (χ0) is 10.8. The molecule has 3 heteroatoms. The predicted octanol–water partition coefficient (Wildman–Crippen LogP) is 1.76. The molecule has 0 saturated carbocycles. The van der Waals surface area contributed by atoms with Gasteiger partial charge in [0.1, 0.15) is 6.10 Å². The molecule has 1 aromatic rings. The van der Waals surface area contributed by atoms with Gasteiger partial charge in [-0.3, -0.25) is 0 Å². The van der Waals surface area contributed by atoms with E-state index in [2.05, 4.69) is 37.2 Å². The van der Waals surface area contributed by atoms with E-state index in [1.165, 1.54) is 16.7 Å². The van der Waals surface area contributed by atoms with Crippen molar-refractivity contribution in [2.75, 3.05) is 6.54 Å². The SMILES string of the molecule is Cc1cccc(C2=NOC(CN)C2)c1C. The van der Waals surface area contributed by atoms with Gasteiger partial charge >= 0.3 is 0 Å². The summed E-state index contributed by atoms with van der Waals surface area (Å²) in [5, 5.41) is 4.10. The van der Waals surface area contributed by atoms with Gasteiger partial charge in [0.2, 0.25) is 0 Å². The van der Waals surface area contributed by atoms with Crippen LogP contribution >= 0.6 is 0 Å². The van der Waals surface area contributed by atoms with Crippen LogP contribution in [0.25, 0.3) is 0 Å². The zero-order valence-electron chi connectivity index (χ0n) is 9.16. The van der Waals surface area contributed by atoms with Crippen LogP contribution in [0.2, 0.25) is 0 Å². The molecule has 1 unspecified atom stereocenters. The van der Waals surface area contributed by atoms with Crippen LogP contribution in [0.15, 0.2) is 23.4 Å². The van der Waals surface area contributed by atoms with Crippen LogP contribution in [0.4, 0.5) is 0 Å². The molecule has 2 N–H and O–H groups in total. The van der Waals surface area contributed by atoms with Gasteiger partial charge in [0.25, 0.3) is 0 Å². The Morgan fingerprint density at radius 2 is 2.27 bits per heavy atom. The number of benzene rings is 1. The van der Waals surface area contributed by atoms with Gasteiger partial charge in [0.15, 0.2) is 0 Å². The van der Waals surface area contributed by atoms with E-state index in [1.54, 1.807) is 0 Å². The monoisotopic (exact) mass is 204 g/mol. The molecule has 0 spiro atoms. The summed E-state index contributed by atoms with van der Waals surface area (Å²) in [6.45, 7) is 4.75. The van der Waals surface area contributed by atoms with E-state index >= 15 is 0 Å². The number of hydrogen-bond donors (Lipinski definition) is 1. The van der Waals surface area contributed by atoms with Crippen molar-refractivity contribution in [2.24, 2.45) is 10.9 Å². The Balaban J connectivity index is 2.28. The molecule has 0 saturated heterocycles. The van der Waals surface area contributed by atoms with Gasteiger partial charge in [-0.1, -0.05) is 23.4 Å². The Labute approximate surface area is 89.9 Å². The van der Waals surface area contributed by atoms with E-state index < -0.39 is 0 Å². The molecule has 1 aliphatic heterocycles. The standard InChI is InChI=1S/C12H16N2O/c1-8-4-3-5-11(9(8)2)12-6-10(7-13)15-14-12/h3-5,10H,6-7,13H2,1-2H3. The second-order valence-corrected chi connectivity index (χ2v) is 3.95. The van der Waals surface area contributed by atoms with Crippen LogP contribution in [0.3, 0.4) is 0 Å². The van der Waals surface area contributed by atoms with Crippen molar-refractivity contribution in [3.05, 3.63) is 34.9 Å². The van der Waals surface area contributed by atoms with Crippen LogP contribution in [0, 0.1) is 13.8 Å². The highest BCUT2D eigenvalue weighted by Crippen LogP contribution is 2.20. The first-order valence-corrected chi connectivity index (χ1v) is 5.21. The summed E-state index contributed by atoms with van der Waals surface area (Å²) < 4.78 is 0. The fourth-order valence-electron chi connectivity index (χ4n) is 1.78. The Morgan fingerprint density at radius 3 is 2.93 bits per heavy atom. The normalized spacial score (nSPS) is 19.9. The maximum absolute atomic E-state index is 5.54. The summed E-state index contributed by atoms with van der Waals surface area (Å²) in [6, 6.07) is 6.25. The highest BCUT2D eigenvalue weighted by Gasteiger charge is 2.21. The second-order valence-electron chi connectivity index (χ2n) is 3.95. The third kappa shape index (κ3) is 1.88. The highest BCUT2D eigenvalue weighted by molar-refractivity contribution is 6.02. The Hall–Kier alpha value is -1.35. The average Bonchev–Trinajstić information content (AvgIpc) is 2.70. The van der Waals surface area contributed by atoms with E-state index in [0.29, 0.717) is 6.54 Å². The Morgan fingerprint density at radius 1 is 1.47 bits per heavy atom. The number of aryl methyl sites for hydroxylation is 1. The fraction of sp³-hybridized carbons (Fsp3) is 0.417. The number of nitrogens with two attached hydrogens (primary N) is 1.